The van der Waals surface area contributed by atoms with E-state index in [9.17, 15) is 9.59 Å². The van der Waals surface area contributed by atoms with Crippen LogP contribution in [0, 0.1) is 12.8 Å². The predicted molar refractivity (Wildman–Crippen MR) is 166 cm³/mol. The summed E-state index contributed by atoms with van der Waals surface area (Å²) in [6.45, 7) is 4.52. The molecule has 0 saturated carbocycles. The van der Waals surface area contributed by atoms with Gasteiger partial charge in [0.25, 0.3) is 0 Å². The second-order valence-electron chi connectivity index (χ2n) is 11.6. The maximum atomic E-state index is 15.0. The van der Waals surface area contributed by atoms with E-state index in [0.29, 0.717) is 29.2 Å². The van der Waals surface area contributed by atoms with Crippen molar-refractivity contribution in [2.45, 2.75) is 37.8 Å². The summed E-state index contributed by atoms with van der Waals surface area (Å²) in [5.74, 6) is -1.17. The molecule has 1 spiro atoms. The molecule has 0 radical (unpaired) electrons. The first-order valence-corrected chi connectivity index (χ1v) is 14.8. The third-order valence-electron chi connectivity index (χ3n) is 9.05. The Hall–Kier alpha value is -4.97. The third kappa shape index (κ3) is 4.04. The number of benzene rings is 4. The normalized spacial score (nSPS) is 23.0. The number of hydrogen-bond acceptors (Lipinski definition) is 5. The highest BCUT2D eigenvalue weighted by Crippen LogP contribution is 2.62. The van der Waals surface area contributed by atoms with Gasteiger partial charge in [-0.3, -0.25) is 14.4 Å². The quantitative estimate of drug-likeness (QED) is 0.249. The van der Waals surface area contributed by atoms with Gasteiger partial charge in [-0.2, -0.15) is 0 Å². The van der Waals surface area contributed by atoms with Crippen LogP contribution in [0.15, 0.2) is 103 Å². The van der Waals surface area contributed by atoms with E-state index in [1.165, 1.54) is 0 Å². The Kier molecular flexibility index (Phi) is 6.50. The maximum absolute atomic E-state index is 15.0. The zero-order chi connectivity index (χ0) is 29.7. The van der Waals surface area contributed by atoms with Gasteiger partial charge in [0, 0.05) is 23.0 Å². The summed E-state index contributed by atoms with van der Waals surface area (Å²) in [5, 5.41) is 3.10. The molecule has 3 heterocycles. The number of anilines is 1. The minimum Gasteiger partial charge on any atom is -0.494 e. The molecule has 1 amide bonds. The van der Waals surface area contributed by atoms with E-state index in [-0.39, 0.29) is 17.5 Å². The van der Waals surface area contributed by atoms with Crippen LogP contribution in [-0.2, 0) is 10.2 Å². The number of fused-ring (bicyclic) bond motifs is 6. The second kappa shape index (κ2) is 10.4. The number of hydrogen-bond donors (Lipinski definition) is 1. The number of Topliss-reactive ketones (excluding diaryl/α,β-unsaturated/α-hetero) is 2. The van der Waals surface area contributed by atoms with E-state index < -0.39 is 23.4 Å². The largest absolute Gasteiger partial charge is 0.494 e. The number of nitrogens with one attached hydrogen (secondary N) is 1. The summed E-state index contributed by atoms with van der Waals surface area (Å²) in [6.07, 6.45) is 4.70. The van der Waals surface area contributed by atoms with Gasteiger partial charge in [-0.25, -0.2) is 0 Å². The zero-order valence-corrected chi connectivity index (χ0v) is 24.1. The van der Waals surface area contributed by atoms with Gasteiger partial charge in [0.05, 0.1) is 18.6 Å². The Labute approximate surface area is 251 Å². The van der Waals surface area contributed by atoms with Crippen molar-refractivity contribution in [1.82, 2.24) is 4.90 Å². The maximum Gasteiger partial charge on any atom is 0.238 e. The van der Waals surface area contributed by atoms with Crippen molar-refractivity contribution >= 4 is 29.2 Å². The van der Waals surface area contributed by atoms with Gasteiger partial charge < -0.3 is 15.0 Å². The summed E-state index contributed by atoms with van der Waals surface area (Å²) in [5.41, 5.74) is 3.86. The number of carbonyl (C=O) groups is 3. The van der Waals surface area contributed by atoms with Crippen LogP contribution in [0.3, 0.4) is 0 Å². The van der Waals surface area contributed by atoms with Crippen molar-refractivity contribution in [1.29, 1.82) is 0 Å². The van der Waals surface area contributed by atoms with Crippen LogP contribution in [0.4, 0.5) is 5.69 Å². The fourth-order valence-electron chi connectivity index (χ4n) is 7.19. The number of amides is 1. The first-order chi connectivity index (χ1) is 20.9. The lowest BCUT2D eigenvalue weighted by Gasteiger charge is -2.38. The molecule has 6 nitrogen and oxygen atoms in total. The van der Waals surface area contributed by atoms with Crippen LogP contribution in [-0.4, -0.2) is 35.0 Å². The smallest absolute Gasteiger partial charge is 0.238 e. The van der Waals surface area contributed by atoms with Crippen molar-refractivity contribution in [3.05, 3.63) is 137 Å². The molecule has 0 unspecified atom stereocenters. The highest BCUT2D eigenvalue weighted by molar-refractivity contribution is 6.16. The van der Waals surface area contributed by atoms with Gasteiger partial charge in [0.2, 0.25) is 5.91 Å². The molecule has 0 aromatic heterocycles. The molecular formula is C37H32N2O4. The molecule has 1 saturated heterocycles. The molecule has 214 valence electrons. The van der Waals surface area contributed by atoms with E-state index >= 15 is 4.79 Å². The fraction of sp³-hybridized carbons (Fsp3) is 0.216. The number of para-hydroxylation sites is 1. The number of nitrogens with zero attached hydrogens (tertiary/aromatic N) is 1. The first kappa shape index (κ1) is 26.9. The molecular weight excluding hydrogens is 536 g/mol. The Morgan fingerprint density at radius 2 is 1.65 bits per heavy atom. The Morgan fingerprint density at radius 3 is 2.47 bits per heavy atom. The van der Waals surface area contributed by atoms with Gasteiger partial charge >= 0.3 is 0 Å². The highest BCUT2D eigenvalue weighted by Gasteiger charge is 2.70. The molecule has 1 N–H and O–H groups in total. The molecule has 4 atom stereocenters. The minimum absolute atomic E-state index is 0.195. The molecule has 6 heteroatoms. The SMILES string of the molecule is CCCOc1cccc(C(=O)[C@@H]2[C@H](C(=O)c3ccc(C)cc3)N3C=Cc4ccccc4[C@@H]3[C@@]23C(=O)Nc2ccccc23)c1. The van der Waals surface area contributed by atoms with Crippen LogP contribution in [0.1, 0.15) is 62.4 Å². The van der Waals surface area contributed by atoms with Gasteiger partial charge in [-0.1, -0.05) is 91.3 Å². The van der Waals surface area contributed by atoms with Crippen LogP contribution in [0.5, 0.6) is 5.75 Å². The first-order valence-electron chi connectivity index (χ1n) is 14.8. The topological polar surface area (TPSA) is 75.7 Å². The van der Waals surface area contributed by atoms with Gasteiger partial charge in [-0.05, 0) is 54.3 Å². The molecule has 1 fully saturated rings. The van der Waals surface area contributed by atoms with E-state index in [2.05, 4.69) is 5.32 Å². The Morgan fingerprint density at radius 1 is 0.884 bits per heavy atom. The lowest BCUT2D eigenvalue weighted by Crippen LogP contribution is -2.49. The standard InChI is InChI=1S/C37H32N2O4/c1-3-21-43-27-11-8-10-26(22-27)33(40)31-32(34(41)25-17-15-23(2)16-18-25)39-20-19-24-9-4-5-12-28(24)35(39)37(31)29-13-6-7-14-30(29)38-36(37)42/h4-20,22,31-32,35H,3,21H2,1-2H3,(H,38,42)/t31-,32+,35+,37-/m0/s1. The summed E-state index contributed by atoms with van der Waals surface area (Å²) < 4.78 is 5.88. The summed E-state index contributed by atoms with van der Waals surface area (Å²) in [7, 11) is 0. The summed E-state index contributed by atoms with van der Waals surface area (Å²) in [6, 6.07) is 28.5. The fourth-order valence-corrected chi connectivity index (χ4v) is 7.19. The van der Waals surface area contributed by atoms with E-state index in [0.717, 1.165) is 28.7 Å². The van der Waals surface area contributed by atoms with Gasteiger partial charge in [-0.15, -0.1) is 0 Å². The summed E-state index contributed by atoms with van der Waals surface area (Å²) >= 11 is 0. The molecule has 3 aliphatic rings. The molecule has 3 aliphatic heterocycles. The minimum atomic E-state index is -1.36. The average Bonchev–Trinajstić information content (AvgIpc) is 3.52. The summed E-state index contributed by atoms with van der Waals surface area (Å²) in [4.78, 5) is 46.2. The molecule has 4 aromatic carbocycles. The molecule has 0 aliphatic carbocycles. The van der Waals surface area contributed by atoms with E-state index in [1.807, 2.05) is 110 Å². The number of ketones is 2. The number of carbonyl (C=O) groups excluding carboxylic acids is 3. The Bertz CT molecular complexity index is 1790. The second-order valence-corrected chi connectivity index (χ2v) is 11.6. The molecule has 43 heavy (non-hydrogen) atoms. The van der Waals surface area contributed by atoms with Crippen molar-refractivity contribution in [3.63, 3.8) is 0 Å². The van der Waals surface area contributed by atoms with E-state index in [4.69, 9.17) is 4.74 Å². The van der Waals surface area contributed by atoms with Crippen LogP contribution in [0.2, 0.25) is 0 Å². The van der Waals surface area contributed by atoms with Crippen LogP contribution in [0.25, 0.3) is 6.08 Å². The van der Waals surface area contributed by atoms with Crippen LogP contribution >= 0.6 is 0 Å². The third-order valence-corrected chi connectivity index (χ3v) is 9.05. The Balaban J connectivity index is 1.49. The monoisotopic (exact) mass is 568 g/mol. The lowest BCUT2D eigenvalue weighted by atomic mass is 9.62. The molecule has 0 bridgehead atoms. The van der Waals surface area contributed by atoms with Gasteiger partial charge in [0.15, 0.2) is 11.6 Å². The van der Waals surface area contributed by atoms with Gasteiger partial charge in [0.1, 0.15) is 17.2 Å². The van der Waals surface area contributed by atoms with Crippen LogP contribution < -0.4 is 10.1 Å². The van der Waals surface area contributed by atoms with Crippen molar-refractivity contribution < 1.29 is 19.1 Å². The van der Waals surface area contributed by atoms with Crippen molar-refractivity contribution in [3.8, 4) is 5.75 Å². The van der Waals surface area contributed by atoms with Crippen molar-refractivity contribution in [2.75, 3.05) is 11.9 Å². The number of rotatable bonds is 7. The highest BCUT2D eigenvalue weighted by atomic mass is 16.5. The number of aryl methyl sites for hydroxylation is 1. The zero-order valence-electron chi connectivity index (χ0n) is 24.1. The average molecular weight is 569 g/mol. The molecule has 4 aromatic rings. The lowest BCUT2D eigenvalue weighted by molar-refractivity contribution is -0.122. The van der Waals surface area contributed by atoms with Crippen molar-refractivity contribution in [2.24, 2.45) is 5.92 Å². The molecule has 7 rings (SSSR count). The van der Waals surface area contributed by atoms with E-state index in [1.54, 1.807) is 18.2 Å². The predicted octanol–water partition coefficient (Wildman–Crippen LogP) is 6.77. The number of ether oxygens (including phenoxy) is 1.